The molecule has 0 fully saturated rings. The SMILES string of the molecule is CC(=O)C1=C(C)O[C@@](O)(c2c(F)c(F)c(F)c(F)c2F)C1=O. The molecule has 0 amide bonds. The van der Waals surface area contributed by atoms with E-state index in [2.05, 4.69) is 4.74 Å². The molecule has 0 radical (unpaired) electrons. The molecule has 1 aliphatic rings. The molecule has 0 saturated heterocycles. The fourth-order valence-electron chi connectivity index (χ4n) is 2.12. The zero-order valence-electron chi connectivity index (χ0n) is 11.1. The first-order valence-corrected chi connectivity index (χ1v) is 5.74. The fraction of sp³-hybridized carbons (Fsp3) is 0.231. The number of benzene rings is 1. The number of ketones is 2. The molecule has 1 aliphatic heterocycles. The summed E-state index contributed by atoms with van der Waals surface area (Å²) in [6.07, 6.45) is 0. The quantitative estimate of drug-likeness (QED) is 0.391. The van der Waals surface area contributed by atoms with Crippen LogP contribution in [0.25, 0.3) is 0 Å². The van der Waals surface area contributed by atoms with Gasteiger partial charge in [0.15, 0.2) is 29.1 Å². The van der Waals surface area contributed by atoms with Gasteiger partial charge in [0, 0.05) is 0 Å². The van der Waals surface area contributed by atoms with E-state index in [9.17, 15) is 36.6 Å². The molecule has 4 nitrogen and oxygen atoms in total. The summed E-state index contributed by atoms with van der Waals surface area (Å²) in [5.74, 6) is -18.5. The van der Waals surface area contributed by atoms with Gasteiger partial charge in [0.25, 0.3) is 0 Å². The summed E-state index contributed by atoms with van der Waals surface area (Å²) in [6, 6.07) is 0. The van der Waals surface area contributed by atoms with Crippen molar-refractivity contribution in [2.75, 3.05) is 0 Å². The standard InChI is InChI=1S/C13H7F5O4/c1-3(19)5-4(2)22-13(21,12(5)20)6-7(14)9(16)11(18)10(17)8(6)15/h21H,1-2H3/t13-/m0/s1. The van der Waals surface area contributed by atoms with Crippen LogP contribution in [0.2, 0.25) is 0 Å². The number of carbonyl (C=O) groups excluding carboxylic acids is 2. The van der Waals surface area contributed by atoms with Gasteiger partial charge in [-0.1, -0.05) is 0 Å². The van der Waals surface area contributed by atoms with Crippen molar-refractivity contribution in [3.63, 3.8) is 0 Å². The highest BCUT2D eigenvalue weighted by Crippen LogP contribution is 2.40. The summed E-state index contributed by atoms with van der Waals surface area (Å²) in [7, 11) is 0. The smallest absolute Gasteiger partial charge is 0.305 e. The van der Waals surface area contributed by atoms with Crippen LogP contribution in [-0.2, 0) is 20.1 Å². The third-order valence-electron chi connectivity index (χ3n) is 3.09. The largest absolute Gasteiger partial charge is 0.454 e. The second-order valence-corrected chi connectivity index (χ2v) is 4.51. The number of hydrogen-bond acceptors (Lipinski definition) is 4. The molecule has 2 rings (SSSR count). The molecule has 0 aromatic heterocycles. The van der Waals surface area contributed by atoms with Crippen LogP contribution in [0.5, 0.6) is 0 Å². The molecule has 0 saturated carbocycles. The number of allylic oxidation sites excluding steroid dienone is 1. The summed E-state index contributed by atoms with van der Waals surface area (Å²) < 4.78 is 71.3. The molecule has 1 heterocycles. The average Bonchev–Trinajstić information content (AvgIpc) is 2.65. The first-order chi connectivity index (χ1) is 10.0. The predicted octanol–water partition coefficient (Wildman–Crippen LogP) is 1.99. The highest BCUT2D eigenvalue weighted by Gasteiger charge is 2.54. The summed E-state index contributed by atoms with van der Waals surface area (Å²) in [6.45, 7) is 1.93. The van der Waals surface area contributed by atoms with Crippen molar-refractivity contribution >= 4 is 11.6 Å². The summed E-state index contributed by atoms with van der Waals surface area (Å²) >= 11 is 0. The van der Waals surface area contributed by atoms with Gasteiger partial charge in [-0.25, -0.2) is 22.0 Å². The zero-order valence-corrected chi connectivity index (χ0v) is 11.1. The van der Waals surface area contributed by atoms with Crippen LogP contribution in [0.4, 0.5) is 22.0 Å². The number of rotatable bonds is 2. The lowest BCUT2D eigenvalue weighted by Crippen LogP contribution is -2.38. The Hall–Kier alpha value is -2.29. The number of Topliss-reactive ketones (excluding diaryl/α,β-unsaturated/α-hetero) is 2. The van der Waals surface area contributed by atoms with Crippen LogP contribution in [0, 0.1) is 29.1 Å². The Balaban J connectivity index is 2.75. The van der Waals surface area contributed by atoms with E-state index in [1.165, 1.54) is 0 Å². The van der Waals surface area contributed by atoms with Crippen LogP contribution in [0.15, 0.2) is 11.3 Å². The summed E-state index contributed by atoms with van der Waals surface area (Å²) in [5.41, 5.74) is -2.60. The lowest BCUT2D eigenvalue weighted by molar-refractivity contribution is -0.184. The molecular formula is C13H7F5O4. The van der Waals surface area contributed by atoms with Gasteiger partial charge in [-0.3, -0.25) is 9.59 Å². The van der Waals surface area contributed by atoms with Crippen LogP contribution in [0.3, 0.4) is 0 Å². The highest BCUT2D eigenvalue weighted by atomic mass is 19.2. The molecule has 9 heteroatoms. The van der Waals surface area contributed by atoms with Crippen molar-refractivity contribution in [1.82, 2.24) is 0 Å². The van der Waals surface area contributed by atoms with E-state index in [4.69, 9.17) is 0 Å². The molecule has 1 aromatic rings. The van der Waals surface area contributed by atoms with Crippen LogP contribution >= 0.6 is 0 Å². The van der Waals surface area contributed by atoms with Crippen molar-refractivity contribution in [1.29, 1.82) is 0 Å². The fourth-order valence-corrected chi connectivity index (χ4v) is 2.12. The molecule has 1 atom stereocenters. The highest BCUT2D eigenvalue weighted by molar-refractivity contribution is 6.23. The maximum atomic E-state index is 13.7. The molecule has 0 aliphatic carbocycles. The minimum Gasteiger partial charge on any atom is -0.454 e. The van der Waals surface area contributed by atoms with E-state index < -0.39 is 63.3 Å². The molecule has 0 bridgehead atoms. The van der Waals surface area contributed by atoms with Crippen molar-refractivity contribution in [2.45, 2.75) is 19.6 Å². The van der Waals surface area contributed by atoms with Crippen molar-refractivity contribution < 1.29 is 41.4 Å². The van der Waals surface area contributed by atoms with E-state index >= 15 is 0 Å². The summed E-state index contributed by atoms with van der Waals surface area (Å²) in [4.78, 5) is 23.2. The van der Waals surface area contributed by atoms with Gasteiger partial charge in [0.1, 0.15) is 16.9 Å². The van der Waals surface area contributed by atoms with Gasteiger partial charge in [-0.15, -0.1) is 0 Å². The van der Waals surface area contributed by atoms with Gasteiger partial charge in [-0.05, 0) is 13.8 Å². The van der Waals surface area contributed by atoms with E-state index in [0.29, 0.717) is 0 Å². The Morgan fingerprint density at radius 1 is 1.00 bits per heavy atom. The van der Waals surface area contributed by atoms with Crippen LogP contribution < -0.4 is 0 Å². The van der Waals surface area contributed by atoms with E-state index in [0.717, 1.165) is 13.8 Å². The number of halogens is 5. The second-order valence-electron chi connectivity index (χ2n) is 4.51. The van der Waals surface area contributed by atoms with Gasteiger partial charge in [0.2, 0.25) is 11.6 Å². The minimum atomic E-state index is -3.51. The van der Waals surface area contributed by atoms with Crippen molar-refractivity contribution in [2.24, 2.45) is 0 Å². The summed E-state index contributed by atoms with van der Waals surface area (Å²) in [5, 5.41) is 10.0. The first-order valence-electron chi connectivity index (χ1n) is 5.74. The van der Waals surface area contributed by atoms with Gasteiger partial charge in [-0.2, -0.15) is 0 Å². The zero-order chi connectivity index (χ0) is 17.0. The van der Waals surface area contributed by atoms with E-state index in [1.807, 2.05) is 0 Å². The Kier molecular flexibility index (Phi) is 3.56. The molecule has 0 unspecified atom stereocenters. The molecule has 1 N–H and O–H groups in total. The molecule has 1 aromatic carbocycles. The molecule has 22 heavy (non-hydrogen) atoms. The monoisotopic (exact) mass is 322 g/mol. The second kappa shape index (κ2) is 4.87. The third-order valence-corrected chi connectivity index (χ3v) is 3.09. The number of aliphatic hydroxyl groups is 1. The molecule has 118 valence electrons. The Bertz CT molecular complexity index is 726. The lowest BCUT2D eigenvalue weighted by atomic mass is 9.95. The molecular weight excluding hydrogens is 315 g/mol. The third kappa shape index (κ3) is 1.92. The minimum absolute atomic E-state index is 0.496. The Labute approximate surface area is 119 Å². The van der Waals surface area contributed by atoms with E-state index in [-0.39, 0.29) is 0 Å². The lowest BCUT2D eigenvalue weighted by Gasteiger charge is -2.23. The van der Waals surface area contributed by atoms with Crippen molar-refractivity contribution in [3.05, 3.63) is 46.0 Å². The number of carbonyl (C=O) groups is 2. The van der Waals surface area contributed by atoms with Gasteiger partial charge in [0.05, 0.1) is 0 Å². The predicted molar refractivity (Wildman–Crippen MR) is 59.6 cm³/mol. The number of hydrogen-bond donors (Lipinski definition) is 1. The van der Waals surface area contributed by atoms with Gasteiger partial charge < -0.3 is 9.84 Å². The Morgan fingerprint density at radius 2 is 1.41 bits per heavy atom. The van der Waals surface area contributed by atoms with Gasteiger partial charge >= 0.3 is 5.79 Å². The normalized spacial score (nSPS) is 21.4. The van der Waals surface area contributed by atoms with E-state index in [1.54, 1.807) is 0 Å². The molecule has 0 spiro atoms. The average molecular weight is 322 g/mol. The van der Waals surface area contributed by atoms with Crippen molar-refractivity contribution in [3.8, 4) is 0 Å². The Morgan fingerprint density at radius 3 is 1.77 bits per heavy atom. The van der Waals surface area contributed by atoms with Crippen LogP contribution in [-0.4, -0.2) is 16.7 Å². The topological polar surface area (TPSA) is 63.6 Å². The first kappa shape index (κ1) is 16.1. The van der Waals surface area contributed by atoms with Crippen LogP contribution in [0.1, 0.15) is 19.4 Å². The maximum absolute atomic E-state index is 13.7. The number of ether oxygens (including phenoxy) is 1. The maximum Gasteiger partial charge on any atom is 0.305 e.